The second kappa shape index (κ2) is 9.14. The van der Waals surface area contributed by atoms with Gasteiger partial charge in [-0.1, -0.05) is 17.7 Å². The fourth-order valence-corrected chi connectivity index (χ4v) is 4.08. The summed E-state index contributed by atoms with van der Waals surface area (Å²) in [4.78, 5) is 8.83. The first-order valence-corrected chi connectivity index (χ1v) is 11.1. The summed E-state index contributed by atoms with van der Waals surface area (Å²) in [7, 11) is 0. The van der Waals surface area contributed by atoms with Gasteiger partial charge in [0.05, 0.1) is 16.4 Å². The molecule has 0 amide bonds. The lowest BCUT2D eigenvalue weighted by molar-refractivity contribution is 0.0844. The monoisotopic (exact) mass is 449 g/mol. The first-order chi connectivity index (χ1) is 15.7. The number of anilines is 2. The third-order valence-corrected chi connectivity index (χ3v) is 5.92. The van der Waals surface area contributed by atoms with Gasteiger partial charge >= 0.3 is 0 Å². The highest BCUT2D eigenvalue weighted by Gasteiger charge is 2.20. The van der Waals surface area contributed by atoms with Crippen LogP contribution in [0.4, 0.5) is 11.5 Å². The number of pyridine rings is 1. The average Bonchev–Trinajstić information content (AvgIpc) is 3.26. The van der Waals surface area contributed by atoms with Gasteiger partial charge in [-0.15, -0.1) is 0 Å². The van der Waals surface area contributed by atoms with E-state index in [0.717, 1.165) is 60.2 Å². The molecule has 1 aromatic carbocycles. The molecular formula is C24H24ClN5O2. The Bertz CT molecular complexity index is 1220. The predicted molar refractivity (Wildman–Crippen MR) is 124 cm³/mol. The first-order valence-electron chi connectivity index (χ1n) is 10.7. The fraction of sp³-hybridized carbons (Fsp3) is 0.292. The molecule has 164 valence electrons. The Hall–Kier alpha value is -3.16. The summed E-state index contributed by atoms with van der Waals surface area (Å²) < 4.78 is 13.2. The molecule has 0 radical (unpaired) electrons. The molecule has 1 N–H and O–H groups in total. The van der Waals surface area contributed by atoms with Gasteiger partial charge < -0.3 is 14.8 Å². The zero-order valence-electron chi connectivity index (χ0n) is 17.8. The summed E-state index contributed by atoms with van der Waals surface area (Å²) in [6.45, 7) is 3.93. The molecule has 4 aromatic rings. The van der Waals surface area contributed by atoms with Gasteiger partial charge in [-0.2, -0.15) is 9.61 Å². The molecular weight excluding hydrogens is 426 g/mol. The number of ether oxygens (including phenoxy) is 2. The third kappa shape index (κ3) is 4.40. The molecule has 1 aliphatic rings. The smallest absolute Gasteiger partial charge is 0.157 e. The Balaban J connectivity index is 1.37. The Morgan fingerprint density at radius 1 is 1.16 bits per heavy atom. The summed E-state index contributed by atoms with van der Waals surface area (Å²) in [6, 6.07) is 13.4. The highest BCUT2D eigenvalue weighted by molar-refractivity contribution is 6.32. The third-order valence-electron chi connectivity index (χ3n) is 5.62. The SMILES string of the molecule is Cc1cnc2cc(C3CCOCC3)nn2c1Nc1ccc(OCc2ccccn2)c(Cl)c1. The Kier molecular flexibility index (Phi) is 5.92. The molecule has 0 atom stereocenters. The van der Waals surface area contributed by atoms with Gasteiger partial charge in [-0.05, 0) is 50.1 Å². The fourth-order valence-electron chi connectivity index (χ4n) is 3.85. The summed E-state index contributed by atoms with van der Waals surface area (Å²) in [5.41, 5.74) is 4.57. The van der Waals surface area contributed by atoms with E-state index < -0.39 is 0 Å². The standard InChI is InChI=1S/C24H24ClN5O2/c1-16-14-27-23-13-21(17-7-10-31-11-8-17)29-30(23)24(16)28-18-5-6-22(20(25)12-18)32-15-19-4-2-3-9-26-19/h2-6,9,12-14,17,28H,7-8,10-11,15H2,1H3. The van der Waals surface area contributed by atoms with Crippen LogP contribution in [0.5, 0.6) is 5.75 Å². The number of rotatable bonds is 6. The molecule has 1 fully saturated rings. The van der Waals surface area contributed by atoms with Crippen molar-refractivity contribution in [3.05, 3.63) is 76.8 Å². The van der Waals surface area contributed by atoms with Crippen molar-refractivity contribution in [1.82, 2.24) is 19.6 Å². The van der Waals surface area contributed by atoms with Crippen LogP contribution in [-0.2, 0) is 11.3 Å². The average molecular weight is 450 g/mol. The molecule has 0 saturated carbocycles. The number of halogens is 1. The van der Waals surface area contributed by atoms with E-state index >= 15 is 0 Å². The lowest BCUT2D eigenvalue weighted by atomic mass is 9.97. The molecule has 8 heteroatoms. The van der Waals surface area contributed by atoms with E-state index in [-0.39, 0.29) is 0 Å². The molecule has 32 heavy (non-hydrogen) atoms. The van der Waals surface area contributed by atoms with Crippen LogP contribution in [-0.4, -0.2) is 32.8 Å². The van der Waals surface area contributed by atoms with Crippen LogP contribution >= 0.6 is 11.6 Å². The summed E-state index contributed by atoms with van der Waals surface area (Å²) in [6.07, 6.45) is 5.58. The van der Waals surface area contributed by atoms with Crippen LogP contribution in [0.25, 0.3) is 5.65 Å². The number of hydrogen-bond acceptors (Lipinski definition) is 6. The minimum absolute atomic E-state index is 0.361. The topological polar surface area (TPSA) is 73.6 Å². The summed E-state index contributed by atoms with van der Waals surface area (Å²) >= 11 is 6.49. The van der Waals surface area contributed by atoms with Gasteiger partial charge in [0.1, 0.15) is 18.2 Å². The van der Waals surface area contributed by atoms with E-state index in [2.05, 4.69) is 21.4 Å². The molecule has 1 aliphatic heterocycles. The van der Waals surface area contributed by atoms with Crippen molar-refractivity contribution in [1.29, 1.82) is 0 Å². The number of hydrogen-bond donors (Lipinski definition) is 1. The van der Waals surface area contributed by atoms with E-state index in [1.165, 1.54) is 0 Å². The van der Waals surface area contributed by atoms with Crippen molar-refractivity contribution in [2.24, 2.45) is 0 Å². The van der Waals surface area contributed by atoms with E-state index in [1.54, 1.807) is 6.20 Å². The normalized spacial score (nSPS) is 14.6. The Morgan fingerprint density at radius 2 is 2.03 bits per heavy atom. The van der Waals surface area contributed by atoms with Gasteiger partial charge in [0.15, 0.2) is 5.65 Å². The number of fused-ring (bicyclic) bond motifs is 1. The van der Waals surface area contributed by atoms with Crippen molar-refractivity contribution in [3.63, 3.8) is 0 Å². The minimum Gasteiger partial charge on any atom is -0.486 e. The summed E-state index contributed by atoms with van der Waals surface area (Å²) in [5, 5.41) is 8.85. The Morgan fingerprint density at radius 3 is 2.81 bits per heavy atom. The van der Waals surface area contributed by atoms with Gasteiger partial charge in [0.25, 0.3) is 0 Å². The van der Waals surface area contributed by atoms with Crippen LogP contribution < -0.4 is 10.1 Å². The van der Waals surface area contributed by atoms with E-state index in [0.29, 0.717) is 23.3 Å². The van der Waals surface area contributed by atoms with Gasteiger partial charge in [-0.25, -0.2) is 4.98 Å². The lowest BCUT2D eigenvalue weighted by Crippen LogP contribution is -2.14. The molecule has 0 aliphatic carbocycles. The molecule has 1 saturated heterocycles. The number of nitrogens with zero attached hydrogens (tertiary/aromatic N) is 4. The molecule has 5 rings (SSSR count). The van der Waals surface area contributed by atoms with Crippen LogP contribution in [0.3, 0.4) is 0 Å². The van der Waals surface area contributed by atoms with E-state index in [4.69, 9.17) is 26.2 Å². The predicted octanol–water partition coefficient (Wildman–Crippen LogP) is 5.30. The van der Waals surface area contributed by atoms with Crippen LogP contribution in [0.1, 0.15) is 35.7 Å². The molecule has 0 spiro atoms. The summed E-state index contributed by atoms with van der Waals surface area (Å²) in [5.74, 6) is 1.88. The van der Waals surface area contributed by atoms with E-state index in [9.17, 15) is 0 Å². The van der Waals surface area contributed by atoms with Crippen molar-refractivity contribution in [2.75, 3.05) is 18.5 Å². The van der Waals surface area contributed by atoms with Gasteiger partial charge in [0.2, 0.25) is 0 Å². The maximum Gasteiger partial charge on any atom is 0.157 e. The van der Waals surface area contributed by atoms with Crippen LogP contribution in [0.15, 0.2) is 54.9 Å². The molecule has 0 unspecified atom stereocenters. The maximum atomic E-state index is 6.49. The van der Waals surface area contributed by atoms with Crippen LogP contribution in [0, 0.1) is 6.92 Å². The van der Waals surface area contributed by atoms with Crippen molar-refractivity contribution in [3.8, 4) is 5.75 Å². The highest BCUT2D eigenvalue weighted by Crippen LogP contribution is 2.32. The largest absolute Gasteiger partial charge is 0.486 e. The molecule has 3 aromatic heterocycles. The quantitative estimate of drug-likeness (QED) is 0.430. The van der Waals surface area contributed by atoms with Crippen molar-refractivity contribution in [2.45, 2.75) is 32.3 Å². The number of benzene rings is 1. The van der Waals surface area contributed by atoms with Gasteiger partial charge in [0, 0.05) is 48.8 Å². The number of aryl methyl sites for hydroxylation is 1. The minimum atomic E-state index is 0.361. The zero-order valence-corrected chi connectivity index (χ0v) is 18.5. The van der Waals surface area contributed by atoms with Crippen molar-refractivity contribution >= 4 is 28.8 Å². The van der Waals surface area contributed by atoms with Crippen LogP contribution in [0.2, 0.25) is 5.02 Å². The van der Waals surface area contributed by atoms with Gasteiger partial charge in [-0.3, -0.25) is 4.98 Å². The number of nitrogens with one attached hydrogen (secondary N) is 1. The lowest BCUT2D eigenvalue weighted by Gasteiger charge is -2.19. The second-order valence-electron chi connectivity index (χ2n) is 7.90. The highest BCUT2D eigenvalue weighted by atomic mass is 35.5. The van der Waals surface area contributed by atoms with Crippen molar-refractivity contribution < 1.29 is 9.47 Å². The molecule has 0 bridgehead atoms. The second-order valence-corrected chi connectivity index (χ2v) is 8.30. The Labute approximate surface area is 191 Å². The number of aromatic nitrogens is 4. The zero-order chi connectivity index (χ0) is 21.9. The first kappa shape index (κ1) is 20.7. The maximum absolute atomic E-state index is 6.49. The van der Waals surface area contributed by atoms with E-state index in [1.807, 2.05) is 54.0 Å². The molecule has 4 heterocycles. The molecule has 7 nitrogen and oxygen atoms in total.